The lowest BCUT2D eigenvalue weighted by Gasteiger charge is -2.21. The molecule has 0 aliphatic heterocycles. The van der Waals surface area contributed by atoms with Crippen molar-refractivity contribution in [1.29, 1.82) is 0 Å². The highest BCUT2D eigenvalue weighted by molar-refractivity contribution is 5.76. The summed E-state index contributed by atoms with van der Waals surface area (Å²) in [4.78, 5) is 22.0. The van der Waals surface area contributed by atoms with Crippen LogP contribution < -0.4 is 0 Å². The van der Waals surface area contributed by atoms with Gasteiger partial charge in [-0.05, 0) is 38.3 Å². The van der Waals surface area contributed by atoms with Gasteiger partial charge in [0.15, 0.2) is 0 Å². The molecule has 0 saturated carbocycles. The fourth-order valence-electron chi connectivity index (χ4n) is 3.34. The molecule has 0 fully saturated rings. The van der Waals surface area contributed by atoms with Crippen LogP contribution in [-0.2, 0) is 23.9 Å². The minimum atomic E-state index is -4.66. The van der Waals surface area contributed by atoms with Gasteiger partial charge < -0.3 is 4.90 Å². The normalized spacial score (nSPS) is 11.5. The number of alkyl halides is 3. The summed E-state index contributed by atoms with van der Waals surface area (Å²) < 4.78 is 39.9. The molecule has 0 bridgehead atoms. The molecule has 0 saturated heterocycles. The molecule has 0 atom stereocenters. The van der Waals surface area contributed by atoms with Gasteiger partial charge in [-0.2, -0.15) is 18.2 Å². The minimum absolute atomic E-state index is 0.120. The maximum Gasteiger partial charge on any atom is 0.453 e. The molecule has 162 valence electrons. The molecule has 0 N–H and O–H groups in total. The van der Waals surface area contributed by atoms with E-state index in [1.807, 2.05) is 31.2 Å². The first kappa shape index (κ1) is 22.3. The molecule has 3 rings (SSSR count). The molecular formula is C22H22F3N5O. The Bertz CT molecular complexity index is 1140. The van der Waals surface area contributed by atoms with Crippen molar-refractivity contribution >= 4 is 11.7 Å². The molecule has 6 nitrogen and oxygen atoms in total. The van der Waals surface area contributed by atoms with E-state index in [0.29, 0.717) is 29.9 Å². The van der Waals surface area contributed by atoms with E-state index >= 15 is 0 Å². The van der Waals surface area contributed by atoms with Gasteiger partial charge in [-0.3, -0.25) is 4.79 Å². The number of nitrogens with zero attached hydrogens (tertiary/aromatic N) is 5. The summed E-state index contributed by atoms with van der Waals surface area (Å²) in [6.45, 7) is 5.86. The molecule has 2 heterocycles. The van der Waals surface area contributed by atoms with E-state index in [0.717, 1.165) is 15.6 Å². The van der Waals surface area contributed by atoms with E-state index < -0.39 is 12.0 Å². The van der Waals surface area contributed by atoms with Crippen LogP contribution in [0.4, 0.5) is 13.2 Å². The lowest BCUT2D eigenvalue weighted by Crippen LogP contribution is -2.31. The largest absolute Gasteiger partial charge is 0.453 e. The molecule has 9 heteroatoms. The fraction of sp³-hybridized carbons (Fsp3) is 0.364. The van der Waals surface area contributed by atoms with Gasteiger partial charge in [0, 0.05) is 24.4 Å². The van der Waals surface area contributed by atoms with Crippen LogP contribution in [0.3, 0.4) is 0 Å². The van der Waals surface area contributed by atoms with Crippen LogP contribution in [0.2, 0.25) is 0 Å². The Morgan fingerprint density at radius 3 is 2.45 bits per heavy atom. The minimum Gasteiger partial charge on any atom is -0.327 e. The number of aromatic nitrogens is 4. The summed E-state index contributed by atoms with van der Waals surface area (Å²) >= 11 is 0. The molecular weight excluding hydrogens is 407 g/mol. The molecule has 0 aliphatic rings. The fourth-order valence-corrected chi connectivity index (χ4v) is 3.34. The number of hydrogen-bond acceptors (Lipinski definition) is 4. The lowest BCUT2D eigenvalue weighted by atomic mass is 10.1. The zero-order valence-electron chi connectivity index (χ0n) is 17.5. The molecule has 0 unspecified atom stereocenters. The Kier molecular flexibility index (Phi) is 6.29. The molecule has 1 aromatic carbocycles. The zero-order valence-corrected chi connectivity index (χ0v) is 17.5. The third kappa shape index (κ3) is 5.02. The smallest absolute Gasteiger partial charge is 0.327 e. The number of carbonyl (C=O) groups is 1. The number of amides is 1. The predicted octanol–water partition coefficient (Wildman–Crippen LogP) is 3.66. The van der Waals surface area contributed by atoms with Crippen LogP contribution in [0, 0.1) is 33.1 Å². The number of hydrogen-bond donors (Lipinski definition) is 0. The highest BCUT2D eigenvalue weighted by Crippen LogP contribution is 2.27. The maximum atomic E-state index is 12.9. The van der Waals surface area contributed by atoms with Gasteiger partial charge in [-0.15, -0.1) is 11.5 Å². The molecule has 0 radical (unpaired) electrons. The van der Waals surface area contributed by atoms with E-state index in [1.54, 1.807) is 18.7 Å². The van der Waals surface area contributed by atoms with Crippen LogP contribution in [0.5, 0.6) is 0 Å². The van der Waals surface area contributed by atoms with Crippen molar-refractivity contribution in [2.75, 3.05) is 6.54 Å². The summed E-state index contributed by atoms with van der Waals surface area (Å²) in [6, 6.07) is 7.83. The first-order chi connectivity index (χ1) is 14.6. The molecule has 2 aromatic heterocycles. The molecule has 1 amide bonds. The van der Waals surface area contributed by atoms with Gasteiger partial charge in [0.05, 0.1) is 6.54 Å². The van der Waals surface area contributed by atoms with E-state index in [1.165, 1.54) is 0 Å². The van der Waals surface area contributed by atoms with Crippen molar-refractivity contribution in [1.82, 2.24) is 24.5 Å². The average Bonchev–Trinajstić information content (AvgIpc) is 3.13. The number of benzene rings is 1. The third-order valence-electron chi connectivity index (χ3n) is 5.02. The van der Waals surface area contributed by atoms with Crippen LogP contribution in [0.15, 0.2) is 24.3 Å². The average molecular weight is 429 g/mol. The molecule has 0 spiro atoms. The Labute approximate surface area is 178 Å². The third-order valence-corrected chi connectivity index (χ3v) is 5.02. The SMILES string of the molecule is C#CCN(Cc1ccc(C)cc1)C(=O)CCc1c(C)nc2nc(C(F)(F)F)nn2c1C. The molecule has 0 aliphatic carbocycles. The van der Waals surface area contributed by atoms with Crippen molar-refractivity contribution in [2.24, 2.45) is 0 Å². The standard InChI is InChI=1S/C22H22F3N5O/c1-5-12-29(13-17-8-6-14(2)7-9-17)19(31)11-10-18-15(3)26-21-27-20(22(23,24)25)28-30(21)16(18)4/h1,6-9H,10-13H2,2-4H3. The van der Waals surface area contributed by atoms with Gasteiger partial charge in [-0.25, -0.2) is 9.50 Å². The Morgan fingerprint density at radius 1 is 1.16 bits per heavy atom. The van der Waals surface area contributed by atoms with Crippen molar-refractivity contribution in [3.63, 3.8) is 0 Å². The number of aryl methyl sites for hydroxylation is 3. The monoisotopic (exact) mass is 429 g/mol. The van der Waals surface area contributed by atoms with Gasteiger partial charge in [0.2, 0.25) is 5.91 Å². The Balaban J connectivity index is 1.78. The molecule has 31 heavy (non-hydrogen) atoms. The molecule has 3 aromatic rings. The number of halogens is 3. The summed E-state index contributed by atoms with van der Waals surface area (Å²) in [5, 5.41) is 3.54. The topological polar surface area (TPSA) is 63.4 Å². The van der Waals surface area contributed by atoms with E-state index in [9.17, 15) is 18.0 Å². The maximum absolute atomic E-state index is 12.9. The first-order valence-electron chi connectivity index (χ1n) is 9.67. The summed E-state index contributed by atoms with van der Waals surface area (Å²) in [7, 11) is 0. The Morgan fingerprint density at radius 2 is 1.84 bits per heavy atom. The number of fused-ring (bicyclic) bond motifs is 1. The van der Waals surface area contributed by atoms with Crippen molar-refractivity contribution in [3.8, 4) is 12.3 Å². The highest BCUT2D eigenvalue weighted by Gasteiger charge is 2.37. The highest BCUT2D eigenvalue weighted by atomic mass is 19.4. The van der Waals surface area contributed by atoms with Gasteiger partial charge in [0.1, 0.15) is 0 Å². The van der Waals surface area contributed by atoms with Gasteiger partial charge in [-0.1, -0.05) is 35.7 Å². The van der Waals surface area contributed by atoms with Crippen molar-refractivity contribution in [3.05, 3.63) is 58.2 Å². The number of terminal acetylenes is 1. The quantitative estimate of drug-likeness (QED) is 0.561. The summed E-state index contributed by atoms with van der Waals surface area (Å²) in [5.41, 5.74) is 3.73. The predicted molar refractivity (Wildman–Crippen MR) is 109 cm³/mol. The van der Waals surface area contributed by atoms with Crippen LogP contribution in [0.25, 0.3) is 5.78 Å². The van der Waals surface area contributed by atoms with Gasteiger partial charge in [0.25, 0.3) is 11.6 Å². The second-order valence-electron chi connectivity index (χ2n) is 7.35. The van der Waals surface area contributed by atoms with E-state index in [4.69, 9.17) is 6.42 Å². The lowest BCUT2D eigenvalue weighted by molar-refractivity contribution is -0.144. The van der Waals surface area contributed by atoms with Crippen molar-refractivity contribution < 1.29 is 18.0 Å². The van der Waals surface area contributed by atoms with Crippen LogP contribution >= 0.6 is 0 Å². The van der Waals surface area contributed by atoms with Gasteiger partial charge >= 0.3 is 6.18 Å². The summed E-state index contributed by atoms with van der Waals surface area (Å²) in [5.74, 6) is 0.999. The second-order valence-corrected chi connectivity index (χ2v) is 7.35. The van der Waals surface area contributed by atoms with E-state index in [-0.39, 0.29) is 24.7 Å². The van der Waals surface area contributed by atoms with Crippen LogP contribution in [-0.4, -0.2) is 36.9 Å². The number of carbonyl (C=O) groups excluding carboxylic acids is 1. The van der Waals surface area contributed by atoms with Crippen LogP contribution in [0.1, 0.15) is 40.3 Å². The summed E-state index contributed by atoms with van der Waals surface area (Å²) in [6.07, 6.45) is 1.22. The van der Waals surface area contributed by atoms with E-state index in [2.05, 4.69) is 21.0 Å². The van der Waals surface area contributed by atoms with Crippen molar-refractivity contribution in [2.45, 2.75) is 46.3 Å². The second kappa shape index (κ2) is 8.76. The Hall–Kier alpha value is -3.41. The zero-order chi connectivity index (χ0) is 22.8. The first-order valence-corrected chi connectivity index (χ1v) is 9.67. The number of rotatable bonds is 6.